The van der Waals surface area contributed by atoms with E-state index in [2.05, 4.69) is 15.0 Å². The van der Waals surface area contributed by atoms with E-state index in [1.54, 1.807) is 64.2 Å². The zero-order valence-corrected chi connectivity index (χ0v) is 19.6. The van der Waals surface area contributed by atoms with Gasteiger partial charge in [0, 0.05) is 29.0 Å². The fraction of sp³-hybridized carbons (Fsp3) is 0.273. The Morgan fingerprint density at radius 2 is 1.77 bits per heavy atom. The molecule has 6 nitrogen and oxygen atoms in total. The third kappa shape index (κ3) is 6.43. The highest BCUT2D eigenvalue weighted by Crippen LogP contribution is 2.21. The Bertz CT molecular complexity index is 1060. The summed E-state index contributed by atoms with van der Waals surface area (Å²) in [5.74, 6) is -0.817. The predicted octanol–water partition coefficient (Wildman–Crippen LogP) is 4.93. The lowest BCUT2D eigenvalue weighted by Gasteiger charge is -2.12. The van der Waals surface area contributed by atoms with E-state index in [1.807, 2.05) is 13.8 Å². The van der Waals surface area contributed by atoms with Crippen molar-refractivity contribution in [2.24, 2.45) is 4.99 Å². The number of allylic oxidation sites excluding steroid dienone is 1. The zero-order chi connectivity index (χ0) is 22.9. The lowest BCUT2D eigenvalue weighted by molar-refractivity contribution is -0.115. The SMILES string of the molecule is C/C=C(\N=C(C)c1ccccc1Cl)C(=O)NS(=O)(=O)c1cc(NC)ccc1C.CC. The van der Waals surface area contributed by atoms with Crippen LogP contribution in [0, 0.1) is 6.92 Å². The molecule has 0 radical (unpaired) electrons. The molecule has 162 valence electrons. The summed E-state index contributed by atoms with van der Waals surface area (Å²) < 4.78 is 27.5. The summed E-state index contributed by atoms with van der Waals surface area (Å²) in [6, 6.07) is 12.0. The van der Waals surface area contributed by atoms with Crippen LogP contribution in [0.4, 0.5) is 5.69 Å². The van der Waals surface area contributed by atoms with Crippen molar-refractivity contribution in [2.75, 3.05) is 12.4 Å². The molecule has 2 aromatic carbocycles. The first kappa shape index (κ1) is 25.4. The van der Waals surface area contributed by atoms with E-state index in [0.29, 0.717) is 27.5 Å². The number of aryl methyl sites for hydroxylation is 1. The fourth-order valence-electron chi connectivity index (χ4n) is 2.52. The average molecular weight is 450 g/mol. The maximum atomic E-state index is 12.7. The third-order valence-corrected chi connectivity index (χ3v) is 5.85. The molecular weight excluding hydrogens is 422 g/mol. The van der Waals surface area contributed by atoms with Crippen molar-refractivity contribution < 1.29 is 13.2 Å². The molecule has 0 saturated heterocycles. The lowest BCUT2D eigenvalue weighted by Crippen LogP contribution is -2.32. The Kier molecular flexibility index (Phi) is 9.75. The quantitative estimate of drug-likeness (QED) is 0.483. The molecule has 2 rings (SSSR count). The van der Waals surface area contributed by atoms with Crippen LogP contribution >= 0.6 is 11.6 Å². The van der Waals surface area contributed by atoms with Crippen LogP contribution in [0.5, 0.6) is 0 Å². The van der Waals surface area contributed by atoms with Crippen molar-refractivity contribution in [1.82, 2.24) is 4.72 Å². The van der Waals surface area contributed by atoms with Crippen molar-refractivity contribution >= 4 is 38.9 Å². The van der Waals surface area contributed by atoms with Gasteiger partial charge in [-0.15, -0.1) is 0 Å². The summed E-state index contributed by atoms with van der Waals surface area (Å²) in [5.41, 5.74) is 2.29. The number of benzene rings is 2. The van der Waals surface area contributed by atoms with Gasteiger partial charge in [0.2, 0.25) is 0 Å². The van der Waals surface area contributed by atoms with Crippen molar-refractivity contribution in [3.8, 4) is 0 Å². The number of nitrogens with zero attached hydrogens (tertiary/aromatic N) is 1. The molecule has 0 aromatic heterocycles. The smallest absolute Gasteiger partial charge is 0.283 e. The number of rotatable bonds is 6. The highest BCUT2D eigenvalue weighted by Gasteiger charge is 2.22. The fourth-order valence-corrected chi connectivity index (χ4v) is 4.02. The van der Waals surface area contributed by atoms with Gasteiger partial charge in [0.05, 0.1) is 4.90 Å². The van der Waals surface area contributed by atoms with Gasteiger partial charge in [-0.2, -0.15) is 0 Å². The van der Waals surface area contributed by atoms with Crippen molar-refractivity contribution in [3.63, 3.8) is 0 Å². The van der Waals surface area contributed by atoms with Crippen LogP contribution in [-0.4, -0.2) is 27.1 Å². The highest BCUT2D eigenvalue weighted by atomic mass is 35.5. The van der Waals surface area contributed by atoms with Crippen LogP contribution in [0.25, 0.3) is 0 Å². The molecule has 0 aliphatic carbocycles. The molecule has 0 aliphatic rings. The van der Waals surface area contributed by atoms with Gasteiger partial charge in [-0.05, 0) is 44.5 Å². The second kappa shape index (κ2) is 11.5. The number of hydrogen-bond donors (Lipinski definition) is 2. The molecule has 0 fully saturated rings. The van der Waals surface area contributed by atoms with Gasteiger partial charge in [0.15, 0.2) is 0 Å². The van der Waals surface area contributed by atoms with E-state index < -0.39 is 15.9 Å². The van der Waals surface area contributed by atoms with Gasteiger partial charge < -0.3 is 5.32 Å². The Morgan fingerprint density at radius 1 is 1.13 bits per heavy atom. The topological polar surface area (TPSA) is 87.6 Å². The van der Waals surface area contributed by atoms with Crippen LogP contribution in [0.3, 0.4) is 0 Å². The number of carbonyl (C=O) groups excluding carboxylic acids is 1. The molecule has 8 heteroatoms. The molecule has 0 saturated carbocycles. The Hall–Kier alpha value is -2.64. The van der Waals surface area contributed by atoms with Gasteiger partial charge in [0.1, 0.15) is 5.70 Å². The molecule has 0 atom stereocenters. The Balaban J connectivity index is 0.00000218. The number of anilines is 1. The molecule has 2 aromatic rings. The summed E-state index contributed by atoms with van der Waals surface area (Å²) in [5, 5.41) is 3.37. The number of halogens is 1. The zero-order valence-electron chi connectivity index (χ0n) is 18.1. The third-order valence-electron chi connectivity index (χ3n) is 4.05. The van der Waals surface area contributed by atoms with E-state index in [4.69, 9.17) is 11.6 Å². The van der Waals surface area contributed by atoms with Gasteiger partial charge >= 0.3 is 0 Å². The Morgan fingerprint density at radius 3 is 2.33 bits per heavy atom. The normalized spacial score (nSPS) is 12.0. The van der Waals surface area contributed by atoms with E-state index in [0.717, 1.165) is 0 Å². The van der Waals surface area contributed by atoms with Gasteiger partial charge in [0.25, 0.3) is 15.9 Å². The van der Waals surface area contributed by atoms with Gasteiger partial charge in [-0.3, -0.25) is 4.79 Å². The predicted molar refractivity (Wildman–Crippen MR) is 125 cm³/mol. The molecule has 0 spiro atoms. The number of amides is 1. The van der Waals surface area contributed by atoms with Crippen LogP contribution in [-0.2, 0) is 14.8 Å². The second-order valence-corrected chi connectivity index (χ2v) is 8.07. The molecule has 0 aliphatic heterocycles. The van der Waals surface area contributed by atoms with Crippen LogP contribution in [0.15, 0.2) is 64.1 Å². The molecule has 2 N–H and O–H groups in total. The maximum absolute atomic E-state index is 12.7. The maximum Gasteiger partial charge on any atom is 0.283 e. The van der Waals surface area contributed by atoms with E-state index >= 15 is 0 Å². The van der Waals surface area contributed by atoms with Gasteiger partial charge in [-0.25, -0.2) is 18.1 Å². The largest absolute Gasteiger partial charge is 0.388 e. The monoisotopic (exact) mass is 449 g/mol. The molecular formula is C22H28ClN3O3S. The summed E-state index contributed by atoms with van der Waals surface area (Å²) in [6.45, 7) is 8.97. The average Bonchev–Trinajstić information content (AvgIpc) is 2.73. The first-order chi connectivity index (χ1) is 14.2. The Labute approximate surface area is 184 Å². The highest BCUT2D eigenvalue weighted by molar-refractivity contribution is 7.90. The number of nitrogens with one attached hydrogen (secondary N) is 2. The molecule has 30 heavy (non-hydrogen) atoms. The number of hydrogen-bond acceptors (Lipinski definition) is 5. The number of aliphatic imine (C=N–C) groups is 1. The molecule has 1 amide bonds. The first-order valence-electron chi connectivity index (χ1n) is 9.51. The minimum Gasteiger partial charge on any atom is -0.388 e. The second-order valence-electron chi connectivity index (χ2n) is 6.02. The van der Waals surface area contributed by atoms with E-state index in [9.17, 15) is 13.2 Å². The van der Waals surface area contributed by atoms with Crippen LogP contribution in [0.2, 0.25) is 5.02 Å². The summed E-state index contributed by atoms with van der Waals surface area (Å²) in [4.78, 5) is 16.9. The van der Waals surface area contributed by atoms with Gasteiger partial charge in [-0.1, -0.05) is 55.8 Å². The van der Waals surface area contributed by atoms with Crippen molar-refractivity contribution in [3.05, 3.63) is 70.4 Å². The van der Waals surface area contributed by atoms with Crippen molar-refractivity contribution in [2.45, 2.75) is 39.5 Å². The number of carbonyl (C=O) groups is 1. The summed E-state index contributed by atoms with van der Waals surface area (Å²) in [6.07, 6.45) is 1.45. The van der Waals surface area contributed by atoms with Crippen molar-refractivity contribution in [1.29, 1.82) is 0 Å². The lowest BCUT2D eigenvalue weighted by atomic mass is 10.1. The molecule has 0 bridgehead atoms. The standard InChI is InChI=1S/C20H22ClN3O3S.C2H6/c1-5-18(23-14(3)16-8-6-7-9-17(16)21)20(25)24-28(26,27)19-12-15(22-4)11-10-13(19)2;1-2/h5-12,22H,1-4H3,(H,24,25);1-2H3/b18-5-,23-14?;. The molecule has 0 heterocycles. The summed E-state index contributed by atoms with van der Waals surface area (Å²) in [7, 11) is -2.38. The van der Waals surface area contributed by atoms with E-state index in [1.165, 1.54) is 12.1 Å². The number of sulfonamides is 1. The summed E-state index contributed by atoms with van der Waals surface area (Å²) >= 11 is 6.16. The minimum absolute atomic E-state index is 0.0231. The minimum atomic E-state index is -4.06. The van der Waals surface area contributed by atoms with Crippen LogP contribution < -0.4 is 10.0 Å². The van der Waals surface area contributed by atoms with Crippen LogP contribution in [0.1, 0.15) is 38.8 Å². The molecule has 0 unspecified atom stereocenters. The first-order valence-corrected chi connectivity index (χ1v) is 11.4. The van der Waals surface area contributed by atoms with E-state index in [-0.39, 0.29) is 10.6 Å².